The zero-order valence-electron chi connectivity index (χ0n) is 12.9. The smallest absolute Gasteiger partial charge is 0.387 e. The van der Waals surface area contributed by atoms with E-state index in [1.807, 2.05) is 0 Å². The number of carbonyl (C=O) groups is 1. The van der Waals surface area contributed by atoms with Crippen LogP contribution >= 0.6 is 7.82 Å². The number of nitrogens with two attached hydrogens (primary N) is 1. The Kier molecular flexibility index (Phi) is 6.05. The molecule has 2 rings (SSSR count). The molecule has 6 N–H and O–H groups in total. The lowest BCUT2D eigenvalue weighted by molar-refractivity contribution is -0.765. The standard InChI is InChI=1S/C13H19N2O8P/c1-2-21-24(19,20)22-7-9-10(16)11(17)13(23-9)15-5-3-4-8(6-15)12(14)18/h3-6,9-11,13,16-17H,2,7H2,1H3,(H2-,14,18,19,20)/p+2/t9-,10-,11-,13?/m1/s1. The fourth-order valence-electron chi connectivity index (χ4n) is 2.29. The first kappa shape index (κ1) is 18.9. The number of aliphatic hydroxyl groups is 2. The second kappa shape index (κ2) is 7.66. The number of carbonyl (C=O) groups excluding carboxylic acids is 1. The number of pyridine rings is 1. The van der Waals surface area contributed by atoms with Gasteiger partial charge in [-0.1, -0.05) is 0 Å². The topological polar surface area (TPSA) is 155 Å². The Labute approximate surface area is 138 Å². The van der Waals surface area contributed by atoms with Crippen molar-refractivity contribution >= 4 is 13.7 Å². The number of ether oxygens (including phenoxy) is 1. The van der Waals surface area contributed by atoms with Crippen LogP contribution in [0, 0.1) is 0 Å². The number of aromatic nitrogens is 1. The van der Waals surface area contributed by atoms with Crippen molar-refractivity contribution < 1.29 is 42.8 Å². The average Bonchev–Trinajstić information content (AvgIpc) is 2.81. The van der Waals surface area contributed by atoms with Crippen molar-refractivity contribution in [2.45, 2.75) is 31.5 Å². The molecule has 2 heterocycles. The summed E-state index contributed by atoms with van der Waals surface area (Å²) in [4.78, 5) is 18.6. The summed E-state index contributed by atoms with van der Waals surface area (Å²) in [5.74, 6) is -0.649. The predicted octanol–water partition coefficient (Wildman–Crippen LogP) is -1.42. The second-order valence-corrected chi connectivity index (χ2v) is 6.67. The van der Waals surface area contributed by atoms with Crippen molar-refractivity contribution in [2.75, 3.05) is 13.2 Å². The molecule has 1 aliphatic heterocycles. The number of nitrogens with zero attached hydrogens (tertiary/aromatic N) is 1. The van der Waals surface area contributed by atoms with Crippen molar-refractivity contribution in [1.82, 2.24) is 0 Å². The van der Waals surface area contributed by atoms with Crippen LogP contribution in [0.15, 0.2) is 24.5 Å². The van der Waals surface area contributed by atoms with Crippen molar-refractivity contribution in [1.29, 1.82) is 0 Å². The van der Waals surface area contributed by atoms with Gasteiger partial charge in [0.05, 0.1) is 13.2 Å². The summed E-state index contributed by atoms with van der Waals surface area (Å²) in [7, 11) is -3.99. The van der Waals surface area contributed by atoms with Gasteiger partial charge < -0.3 is 25.6 Å². The SMILES string of the molecule is CCOP(=O)([OH2+])OC[C@H]1OC([n+]2cccc(C(N)=O)c2)[C@H](O)[C@@H]1O. The fourth-order valence-corrected chi connectivity index (χ4v) is 3.05. The van der Waals surface area contributed by atoms with Gasteiger partial charge in [-0.25, -0.2) is 9.05 Å². The predicted molar refractivity (Wildman–Crippen MR) is 79.9 cm³/mol. The van der Waals surface area contributed by atoms with Crippen LogP contribution < -0.4 is 10.3 Å². The Balaban J connectivity index is 2.08. The van der Waals surface area contributed by atoms with Gasteiger partial charge in [0.2, 0.25) is 0 Å². The molecule has 0 aliphatic carbocycles. The number of hydrogen-bond acceptors (Lipinski definition) is 7. The van der Waals surface area contributed by atoms with Crippen LogP contribution in [0.5, 0.6) is 0 Å². The van der Waals surface area contributed by atoms with Gasteiger partial charge in [0, 0.05) is 6.07 Å². The van der Waals surface area contributed by atoms with E-state index < -0.39 is 44.9 Å². The van der Waals surface area contributed by atoms with E-state index in [0.717, 1.165) is 0 Å². The van der Waals surface area contributed by atoms with E-state index in [1.165, 1.54) is 23.0 Å². The van der Waals surface area contributed by atoms with Crippen molar-refractivity contribution in [3.05, 3.63) is 30.1 Å². The highest BCUT2D eigenvalue weighted by Crippen LogP contribution is 2.43. The van der Waals surface area contributed by atoms with E-state index >= 15 is 0 Å². The first-order valence-corrected chi connectivity index (χ1v) is 8.76. The van der Waals surface area contributed by atoms with E-state index in [9.17, 15) is 19.6 Å². The maximum atomic E-state index is 11.6. The van der Waals surface area contributed by atoms with Gasteiger partial charge in [-0.2, -0.15) is 9.13 Å². The van der Waals surface area contributed by atoms with Crippen LogP contribution in [0.2, 0.25) is 0 Å². The summed E-state index contributed by atoms with van der Waals surface area (Å²) >= 11 is 0. The molecule has 11 heteroatoms. The van der Waals surface area contributed by atoms with E-state index in [1.54, 1.807) is 13.0 Å². The number of hydrogen-bond donors (Lipinski definition) is 3. The maximum absolute atomic E-state index is 11.6. The molecule has 24 heavy (non-hydrogen) atoms. The summed E-state index contributed by atoms with van der Waals surface area (Å²) in [6.07, 6.45) is -1.75. The zero-order valence-corrected chi connectivity index (χ0v) is 13.8. The number of primary amides is 1. The Bertz CT molecular complexity index is 642. The molecule has 0 saturated carbocycles. The minimum atomic E-state index is -3.99. The van der Waals surface area contributed by atoms with Gasteiger partial charge in [-0.05, 0) is 13.0 Å². The molecule has 0 radical (unpaired) electrons. The Morgan fingerprint density at radius 2 is 2.17 bits per heavy atom. The fraction of sp³-hybridized carbons (Fsp3) is 0.538. The van der Waals surface area contributed by atoms with E-state index in [4.69, 9.17) is 19.9 Å². The Morgan fingerprint density at radius 1 is 1.46 bits per heavy atom. The van der Waals surface area contributed by atoms with Gasteiger partial charge in [-0.15, -0.1) is 0 Å². The molecule has 1 aromatic rings. The van der Waals surface area contributed by atoms with Crippen molar-refractivity contribution in [3.8, 4) is 0 Å². The molecule has 1 saturated heterocycles. The van der Waals surface area contributed by atoms with E-state index in [-0.39, 0.29) is 12.2 Å². The molecule has 0 bridgehead atoms. The van der Waals surface area contributed by atoms with Crippen molar-refractivity contribution in [3.63, 3.8) is 0 Å². The number of amides is 1. The molecule has 2 unspecified atom stereocenters. The summed E-state index contributed by atoms with van der Waals surface area (Å²) in [6, 6.07) is 3.04. The lowest BCUT2D eigenvalue weighted by Gasteiger charge is -2.13. The van der Waals surface area contributed by atoms with Crippen LogP contribution in [-0.4, -0.2) is 52.5 Å². The lowest BCUT2D eigenvalue weighted by Crippen LogP contribution is -2.46. The Hall–Kier alpha value is -1.39. The average molecular weight is 364 g/mol. The Morgan fingerprint density at radius 3 is 2.79 bits per heavy atom. The molecule has 0 spiro atoms. The maximum Gasteiger partial charge on any atom is 0.634 e. The van der Waals surface area contributed by atoms with Gasteiger partial charge >= 0.3 is 7.82 Å². The van der Waals surface area contributed by atoms with Crippen LogP contribution in [0.25, 0.3) is 0 Å². The highest BCUT2D eigenvalue weighted by molar-refractivity contribution is 7.47. The normalized spacial score (nSPS) is 29.3. The molecule has 1 amide bonds. The molecule has 1 fully saturated rings. The van der Waals surface area contributed by atoms with Crippen LogP contribution in [0.4, 0.5) is 0 Å². The molecule has 1 aliphatic rings. The minimum Gasteiger partial charge on any atom is -0.387 e. The van der Waals surface area contributed by atoms with Gasteiger partial charge in [-0.3, -0.25) is 4.79 Å². The zero-order chi connectivity index (χ0) is 17.9. The van der Waals surface area contributed by atoms with E-state index in [0.29, 0.717) is 0 Å². The third kappa shape index (κ3) is 4.37. The summed E-state index contributed by atoms with van der Waals surface area (Å²) in [6.45, 7) is 1.20. The van der Waals surface area contributed by atoms with Gasteiger partial charge in [0.1, 0.15) is 17.8 Å². The summed E-state index contributed by atoms with van der Waals surface area (Å²) in [5, 5.41) is 20.2. The summed E-state index contributed by atoms with van der Waals surface area (Å²) < 4.78 is 28.0. The summed E-state index contributed by atoms with van der Waals surface area (Å²) in [5.41, 5.74) is 5.41. The number of aliphatic hydroxyl groups excluding tert-OH is 2. The quantitative estimate of drug-likeness (QED) is 0.304. The van der Waals surface area contributed by atoms with Crippen LogP contribution in [0.3, 0.4) is 0 Å². The molecule has 134 valence electrons. The van der Waals surface area contributed by atoms with Crippen LogP contribution in [-0.2, 0) is 18.3 Å². The lowest BCUT2D eigenvalue weighted by atomic mass is 10.1. The molecular formula is C13H21N2O8P+2. The minimum absolute atomic E-state index is 0.0376. The first-order chi connectivity index (χ1) is 11.2. The highest BCUT2D eigenvalue weighted by atomic mass is 31.2. The molecule has 10 nitrogen and oxygen atoms in total. The third-order valence-corrected chi connectivity index (χ3v) is 4.53. The number of rotatable bonds is 7. The van der Waals surface area contributed by atoms with Gasteiger partial charge in [0.25, 0.3) is 12.1 Å². The van der Waals surface area contributed by atoms with Crippen LogP contribution in [0.1, 0.15) is 23.5 Å². The second-order valence-electron chi connectivity index (χ2n) is 5.16. The molecule has 1 aromatic heterocycles. The molecular weight excluding hydrogens is 343 g/mol. The van der Waals surface area contributed by atoms with E-state index in [2.05, 4.69) is 4.52 Å². The highest BCUT2D eigenvalue weighted by Gasteiger charge is 2.49. The molecule has 0 aromatic carbocycles. The van der Waals surface area contributed by atoms with Crippen molar-refractivity contribution in [2.24, 2.45) is 5.73 Å². The first-order valence-electron chi connectivity index (χ1n) is 7.21. The monoisotopic (exact) mass is 364 g/mol. The van der Waals surface area contributed by atoms with Gasteiger partial charge in [0.15, 0.2) is 18.5 Å². The largest absolute Gasteiger partial charge is 0.634 e. The third-order valence-electron chi connectivity index (χ3n) is 3.45. The molecule has 5 atom stereocenters.